The standard InChI is InChI=1S/C31H44N6O3S/c1-18(2)27-16-26(41(6,38)39)10-11-28(27)34-21(5)20(4)30(33-17-32)37-24-8-7-9-25(37)15-23(14-24)31-35-29(36-40-31)22-12-19(3)13-22/h10-11,16-17,19-25,32,34H,1,7-9,12-15H2,2-6H3. The number of nitrogens with one attached hydrogen (secondary N) is 2. The number of anilines is 1. The molecule has 2 aromatic rings. The van der Waals surface area contributed by atoms with E-state index in [2.05, 4.69) is 47.7 Å². The molecule has 1 aromatic carbocycles. The summed E-state index contributed by atoms with van der Waals surface area (Å²) in [5.41, 5.74) is 2.41. The lowest BCUT2D eigenvalue weighted by atomic mass is 9.75. The smallest absolute Gasteiger partial charge is 0.229 e. The van der Waals surface area contributed by atoms with Gasteiger partial charge in [0.25, 0.3) is 0 Å². The van der Waals surface area contributed by atoms with Crippen LogP contribution in [0.25, 0.3) is 5.57 Å². The molecule has 0 spiro atoms. The summed E-state index contributed by atoms with van der Waals surface area (Å²) in [6.07, 6.45) is 9.88. The van der Waals surface area contributed by atoms with Crippen molar-refractivity contribution in [1.29, 1.82) is 5.41 Å². The third kappa shape index (κ3) is 6.12. The van der Waals surface area contributed by atoms with Gasteiger partial charge < -0.3 is 14.7 Å². The highest BCUT2D eigenvalue weighted by Gasteiger charge is 2.44. The maximum Gasteiger partial charge on any atom is 0.229 e. The Labute approximate surface area is 244 Å². The fourth-order valence-electron chi connectivity index (χ4n) is 6.96. The minimum absolute atomic E-state index is 0.000538. The zero-order valence-corrected chi connectivity index (χ0v) is 25.7. The quantitative estimate of drug-likeness (QED) is 0.265. The number of allylic oxidation sites excluding steroid dienone is 1. The van der Waals surface area contributed by atoms with Crippen LogP contribution in [0.3, 0.4) is 0 Å². The molecule has 1 aliphatic carbocycles. The lowest BCUT2D eigenvalue weighted by Crippen LogP contribution is -2.57. The van der Waals surface area contributed by atoms with Crippen LogP contribution in [0.4, 0.5) is 5.69 Å². The van der Waals surface area contributed by atoms with E-state index < -0.39 is 9.84 Å². The second-order valence-electron chi connectivity index (χ2n) is 12.7. The first-order chi connectivity index (χ1) is 19.5. The molecule has 222 valence electrons. The van der Waals surface area contributed by atoms with Crippen LogP contribution in [0.15, 0.2) is 39.2 Å². The van der Waals surface area contributed by atoms with Crippen LogP contribution < -0.4 is 5.32 Å². The minimum Gasteiger partial charge on any atom is -0.381 e. The second kappa shape index (κ2) is 11.7. The number of sulfone groups is 1. The third-order valence-electron chi connectivity index (χ3n) is 9.40. The molecule has 0 amide bonds. The average molecular weight is 581 g/mol. The highest BCUT2D eigenvalue weighted by Crippen LogP contribution is 2.44. The van der Waals surface area contributed by atoms with Crippen molar-refractivity contribution in [3.63, 3.8) is 0 Å². The van der Waals surface area contributed by atoms with Crippen LogP contribution in [-0.4, -0.2) is 60.0 Å². The zero-order chi connectivity index (χ0) is 29.5. The van der Waals surface area contributed by atoms with E-state index in [-0.39, 0.29) is 22.8 Å². The number of piperidine rings is 2. The van der Waals surface area contributed by atoms with Gasteiger partial charge in [0.1, 0.15) is 12.2 Å². The molecular weight excluding hydrogens is 536 g/mol. The number of benzene rings is 1. The van der Waals surface area contributed by atoms with Gasteiger partial charge in [-0.3, -0.25) is 5.41 Å². The van der Waals surface area contributed by atoms with Crippen molar-refractivity contribution in [2.24, 2.45) is 16.8 Å². The molecule has 0 radical (unpaired) electrons. The first-order valence-corrected chi connectivity index (χ1v) is 16.8. The van der Waals surface area contributed by atoms with Gasteiger partial charge in [0.05, 0.1) is 4.90 Å². The van der Waals surface area contributed by atoms with Gasteiger partial charge in [-0.15, -0.1) is 0 Å². The maximum absolute atomic E-state index is 12.1. The van der Waals surface area contributed by atoms with Crippen molar-refractivity contribution in [2.45, 2.75) is 107 Å². The normalized spacial score (nSPS) is 28.0. The Morgan fingerprint density at radius 2 is 1.88 bits per heavy atom. The predicted molar refractivity (Wildman–Crippen MR) is 163 cm³/mol. The SMILES string of the molecule is C=C(C)c1cc(S(C)(=O)=O)ccc1NC(C)C(C)C(=NC=N)N1C2CCCC1CC(c1nc(C3CC(C)C3)no1)C2. The van der Waals surface area contributed by atoms with Crippen LogP contribution in [0.2, 0.25) is 0 Å². The van der Waals surface area contributed by atoms with Crippen molar-refractivity contribution in [1.82, 2.24) is 15.0 Å². The van der Waals surface area contributed by atoms with Crippen molar-refractivity contribution >= 4 is 33.3 Å². The summed E-state index contributed by atoms with van der Waals surface area (Å²) < 4.78 is 30.1. The Morgan fingerprint density at radius 3 is 2.46 bits per heavy atom. The molecule has 1 saturated carbocycles. The van der Waals surface area contributed by atoms with Gasteiger partial charge in [0, 0.05) is 53.4 Å². The molecule has 2 aliphatic heterocycles. The lowest BCUT2D eigenvalue weighted by molar-refractivity contribution is 0.0826. The summed E-state index contributed by atoms with van der Waals surface area (Å²) in [7, 11) is -3.33. The van der Waals surface area contributed by atoms with E-state index in [1.54, 1.807) is 12.1 Å². The topological polar surface area (TPSA) is 125 Å². The zero-order valence-electron chi connectivity index (χ0n) is 24.9. The van der Waals surface area contributed by atoms with E-state index >= 15 is 0 Å². The Hall–Kier alpha value is -3.01. The Bertz CT molecular complexity index is 1410. The van der Waals surface area contributed by atoms with Gasteiger partial charge in [-0.2, -0.15) is 4.98 Å². The van der Waals surface area contributed by atoms with Crippen LogP contribution in [0.5, 0.6) is 0 Å². The molecule has 2 bridgehead atoms. The molecule has 3 aliphatic rings. The summed E-state index contributed by atoms with van der Waals surface area (Å²) in [6, 6.07) is 5.73. The molecule has 5 rings (SSSR count). The second-order valence-corrected chi connectivity index (χ2v) is 14.7. The van der Waals surface area contributed by atoms with Crippen LogP contribution in [0, 0.1) is 17.2 Å². The monoisotopic (exact) mass is 580 g/mol. The lowest BCUT2D eigenvalue weighted by Gasteiger charge is -2.51. The molecule has 2 N–H and O–H groups in total. The summed E-state index contributed by atoms with van der Waals surface area (Å²) in [4.78, 5) is 12.3. The van der Waals surface area contributed by atoms with Crippen LogP contribution in [-0.2, 0) is 9.84 Å². The largest absolute Gasteiger partial charge is 0.381 e. The Balaban J connectivity index is 1.33. The Morgan fingerprint density at radius 1 is 1.20 bits per heavy atom. The van der Waals surface area contributed by atoms with Crippen LogP contribution in [0.1, 0.15) is 102 Å². The van der Waals surface area contributed by atoms with Gasteiger partial charge in [0.15, 0.2) is 15.7 Å². The van der Waals surface area contributed by atoms with Crippen molar-refractivity contribution in [3.05, 3.63) is 42.1 Å². The Kier molecular flexibility index (Phi) is 8.41. The fraction of sp³-hybridized carbons (Fsp3) is 0.613. The van der Waals surface area contributed by atoms with Gasteiger partial charge in [-0.05, 0) is 88.5 Å². The molecule has 10 heteroatoms. The van der Waals surface area contributed by atoms with Gasteiger partial charge in [0.2, 0.25) is 5.89 Å². The van der Waals surface area contributed by atoms with E-state index in [1.807, 2.05) is 13.0 Å². The minimum atomic E-state index is -3.33. The molecule has 9 nitrogen and oxygen atoms in total. The predicted octanol–water partition coefficient (Wildman–Crippen LogP) is 6.26. The molecule has 3 fully saturated rings. The third-order valence-corrected chi connectivity index (χ3v) is 10.5. The molecule has 4 atom stereocenters. The first-order valence-electron chi connectivity index (χ1n) is 14.9. The van der Waals surface area contributed by atoms with Crippen molar-refractivity contribution in [3.8, 4) is 0 Å². The van der Waals surface area contributed by atoms with E-state index in [0.29, 0.717) is 18.0 Å². The summed E-state index contributed by atoms with van der Waals surface area (Å²) in [5, 5.41) is 15.8. The summed E-state index contributed by atoms with van der Waals surface area (Å²) >= 11 is 0. The molecule has 1 aromatic heterocycles. The molecule has 41 heavy (non-hydrogen) atoms. The van der Waals surface area contributed by atoms with Crippen LogP contribution >= 0.6 is 0 Å². The maximum atomic E-state index is 12.1. The number of amidine groups is 1. The number of rotatable bonds is 9. The summed E-state index contributed by atoms with van der Waals surface area (Å²) in [5.74, 6) is 4.02. The summed E-state index contributed by atoms with van der Waals surface area (Å²) in [6.45, 7) is 12.5. The van der Waals surface area contributed by atoms with Crippen molar-refractivity contribution < 1.29 is 12.9 Å². The highest BCUT2D eigenvalue weighted by atomic mass is 32.2. The first kappa shape index (κ1) is 29.5. The van der Waals surface area contributed by atoms with E-state index in [0.717, 1.165) is 85.2 Å². The highest BCUT2D eigenvalue weighted by molar-refractivity contribution is 7.90. The van der Waals surface area contributed by atoms with Crippen molar-refractivity contribution in [2.75, 3.05) is 11.6 Å². The number of aliphatic imine (C=N–C) groups is 1. The van der Waals surface area contributed by atoms with E-state index in [4.69, 9.17) is 14.9 Å². The number of hydrogen-bond donors (Lipinski definition) is 2. The fourth-order valence-corrected chi connectivity index (χ4v) is 7.61. The van der Waals surface area contributed by atoms with Gasteiger partial charge in [-0.1, -0.05) is 25.6 Å². The number of fused-ring (bicyclic) bond motifs is 2. The van der Waals surface area contributed by atoms with E-state index in [9.17, 15) is 8.42 Å². The van der Waals surface area contributed by atoms with Gasteiger partial charge >= 0.3 is 0 Å². The number of aromatic nitrogens is 2. The molecular formula is C31H44N6O3S. The van der Waals surface area contributed by atoms with E-state index in [1.165, 1.54) is 12.7 Å². The number of nitrogens with zero attached hydrogens (tertiary/aromatic N) is 4. The number of hydrogen-bond acceptors (Lipinski definition) is 7. The molecule has 3 heterocycles. The average Bonchev–Trinajstić information content (AvgIpc) is 3.38. The molecule has 2 saturated heterocycles. The molecule has 4 unspecified atom stereocenters. The van der Waals surface area contributed by atoms with Gasteiger partial charge in [-0.25, -0.2) is 13.4 Å².